The van der Waals surface area contributed by atoms with E-state index in [1.807, 2.05) is 18.4 Å². The average molecular weight is 269 g/mol. The number of nitrogens with zero attached hydrogens (tertiary/aromatic N) is 2. The molecule has 0 amide bonds. The van der Waals surface area contributed by atoms with Crippen molar-refractivity contribution in [1.29, 1.82) is 0 Å². The van der Waals surface area contributed by atoms with Gasteiger partial charge in [-0.05, 0) is 25.5 Å². The fourth-order valence-electron chi connectivity index (χ4n) is 2.01. The Balaban J connectivity index is 2.83. The molecule has 0 saturated carbocycles. The van der Waals surface area contributed by atoms with Crippen LogP contribution in [0.1, 0.15) is 21.7 Å². The minimum Gasteiger partial charge on any atom is -0.477 e. The van der Waals surface area contributed by atoms with Gasteiger partial charge in [0.2, 0.25) is 0 Å². The molecule has 2 aromatic heterocycles. The maximum absolute atomic E-state index is 11.0. The van der Waals surface area contributed by atoms with Gasteiger partial charge < -0.3 is 14.4 Å². The largest absolute Gasteiger partial charge is 0.477 e. The Morgan fingerprint density at radius 2 is 2.22 bits per heavy atom. The van der Waals surface area contributed by atoms with Crippen LogP contribution in [0, 0.1) is 13.8 Å². The molecule has 18 heavy (non-hydrogen) atoms. The Labute approximate surface area is 109 Å². The summed E-state index contributed by atoms with van der Waals surface area (Å²) in [6.45, 7) is 4.21. The minimum atomic E-state index is -1.09. The SMILES string of the molecule is COCn1c(C)c(C)c2cc(C(=O)O)nc(Cl)c21. The highest BCUT2D eigenvalue weighted by Crippen LogP contribution is 2.30. The van der Waals surface area contributed by atoms with E-state index in [0.29, 0.717) is 12.2 Å². The second-order valence-electron chi connectivity index (χ2n) is 4.06. The predicted octanol–water partition coefficient (Wildman–Crippen LogP) is 2.61. The molecule has 96 valence electrons. The summed E-state index contributed by atoms with van der Waals surface area (Å²) in [5, 5.41) is 9.96. The van der Waals surface area contributed by atoms with Crippen LogP contribution < -0.4 is 0 Å². The molecular weight excluding hydrogens is 256 g/mol. The first-order valence-electron chi connectivity index (χ1n) is 5.35. The summed E-state index contributed by atoms with van der Waals surface area (Å²) in [4.78, 5) is 14.9. The van der Waals surface area contributed by atoms with E-state index in [1.54, 1.807) is 7.11 Å². The van der Waals surface area contributed by atoms with Gasteiger partial charge in [-0.15, -0.1) is 0 Å². The van der Waals surface area contributed by atoms with Gasteiger partial charge in [0, 0.05) is 18.2 Å². The first kappa shape index (κ1) is 12.9. The molecule has 0 aliphatic carbocycles. The molecular formula is C12H13ClN2O3. The van der Waals surface area contributed by atoms with Crippen LogP contribution in [-0.4, -0.2) is 27.7 Å². The molecule has 0 bridgehead atoms. The molecule has 2 rings (SSSR count). The van der Waals surface area contributed by atoms with E-state index < -0.39 is 5.97 Å². The summed E-state index contributed by atoms with van der Waals surface area (Å²) in [6, 6.07) is 1.54. The molecule has 0 radical (unpaired) electrons. The first-order chi connectivity index (χ1) is 8.47. The number of aryl methyl sites for hydroxylation is 1. The van der Waals surface area contributed by atoms with E-state index in [4.69, 9.17) is 21.4 Å². The van der Waals surface area contributed by atoms with E-state index in [2.05, 4.69) is 4.98 Å². The van der Waals surface area contributed by atoms with E-state index in [0.717, 1.165) is 16.6 Å². The van der Waals surface area contributed by atoms with Crippen molar-refractivity contribution in [3.8, 4) is 0 Å². The zero-order valence-electron chi connectivity index (χ0n) is 10.3. The van der Waals surface area contributed by atoms with Crippen molar-refractivity contribution in [2.45, 2.75) is 20.6 Å². The van der Waals surface area contributed by atoms with Crippen LogP contribution in [0.5, 0.6) is 0 Å². The second kappa shape index (κ2) is 4.59. The molecule has 0 aliphatic rings. The van der Waals surface area contributed by atoms with Crippen LogP contribution in [-0.2, 0) is 11.5 Å². The molecule has 2 aromatic rings. The van der Waals surface area contributed by atoms with Crippen LogP contribution in [0.15, 0.2) is 6.07 Å². The predicted molar refractivity (Wildman–Crippen MR) is 68.2 cm³/mol. The number of aromatic carboxylic acids is 1. The van der Waals surface area contributed by atoms with Crippen LogP contribution >= 0.6 is 11.6 Å². The number of hydrogen-bond acceptors (Lipinski definition) is 3. The van der Waals surface area contributed by atoms with Crippen molar-refractivity contribution in [1.82, 2.24) is 9.55 Å². The Hall–Kier alpha value is -1.59. The van der Waals surface area contributed by atoms with Crippen LogP contribution in [0.3, 0.4) is 0 Å². The highest BCUT2D eigenvalue weighted by atomic mass is 35.5. The molecule has 0 saturated heterocycles. The van der Waals surface area contributed by atoms with Crippen molar-refractivity contribution in [2.24, 2.45) is 0 Å². The zero-order valence-corrected chi connectivity index (χ0v) is 11.1. The number of methoxy groups -OCH3 is 1. The summed E-state index contributed by atoms with van der Waals surface area (Å²) in [5.41, 5.74) is 2.62. The van der Waals surface area contributed by atoms with Gasteiger partial charge in [-0.3, -0.25) is 0 Å². The van der Waals surface area contributed by atoms with Gasteiger partial charge >= 0.3 is 5.97 Å². The molecule has 0 atom stereocenters. The van der Waals surface area contributed by atoms with Gasteiger partial charge in [0.15, 0.2) is 10.8 Å². The Kier molecular flexibility index (Phi) is 3.28. The lowest BCUT2D eigenvalue weighted by Crippen LogP contribution is -2.04. The average Bonchev–Trinajstić information content (AvgIpc) is 2.55. The third-order valence-corrected chi connectivity index (χ3v) is 3.31. The van der Waals surface area contributed by atoms with E-state index in [1.165, 1.54) is 6.07 Å². The highest BCUT2D eigenvalue weighted by molar-refractivity contribution is 6.34. The fraction of sp³-hybridized carbons (Fsp3) is 0.333. The Morgan fingerprint density at radius 3 is 2.78 bits per heavy atom. The van der Waals surface area contributed by atoms with E-state index >= 15 is 0 Å². The van der Waals surface area contributed by atoms with Crippen LogP contribution in [0.2, 0.25) is 5.15 Å². The summed E-state index contributed by atoms with van der Waals surface area (Å²) in [6.07, 6.45) is 0. The summed E-state index contributed by atoms with van der Waals surface area (Å²) in [7, 11) is 1.59. The summed E-state index contributed by atoms with van der Waals surface area (Å²) >= 11 is 6.08. The fourth-order valence-corrected chi connectivity index (χ4v) is 2.31. The van der Waals surface area contributed by atoms with E-state index in [9.17, 15) is 4.79 Å². The van der Waals surface area contributed by atoms with Crippen LogP contribution in [0.4, 0.5) is 0 Å². The lowest BCUT2D eigenvalue weighted by atomic mass is 10.1. The lowest BCUT2D eigenvalue weighted by Gasteiger charge is -2.07. The number of halogens is 1. The Morgan fingerprint density at radius 1 is 1.56 bits per heavy atom. The number of ether oxygens (including phenoxy) is 1. The van der Waals surface area contributed by atoms with E-state index in [-0.39, 0.29) is 10.8 Å². The number of carboxylic acids is 1. The normalized spacial score (nSPS) is 11.1. The second-order valence-corrected chi connectivity index (χ2v) is 4.41. The molecule has 0 aromatic carbocycles. The number of aromatic nitrogens is 2. The third-order valence-electron chi connectivity index (χ3n) is 3.05. The van der Waals surface area contributed by atoms with Crippen LogP contribution in [0.25, 0.3) is 10.9 Å². The minimum absolute atomic E-state index is 0.0508. The number of hydrogen-bond donors (Lipinski definition) is 1. The summed E-state index contributed by atoms with van der Waals surface area (Å²) < 4.78 is 7.00. The van der Waals surface area contributed by atoms with Gasteiger partial charge in [0.05, 0.1) is 5.52 Å². The standard InChI is InChI=1S/C12H13ClN2O3/c1-6-7(2)15(5-18-3)10-8(6)4-9(12(16)17)14-11(10)13/h4H,5H2,1-3H3,(H,16,17). The third kappa shape index (κ3) is 1.85. The van der Waals surface area contributed by atoms with Crippen molar-refractivity contribution in [3.63, 3.8) is 0 Å². The number of fused-ring (bicyclic) bond motifs is 1. The number of carboxylic acid groups (broad SMARTS) is 1. The lowest BCUT2D eigenvalue weighted by molar-refractivity contribution is 0.0690. The smallest absolute Gasteiger partial charge is 0.354 e. The van der Waals surface area contributed by atoms with Gasteiger partial charge in [-0.1, -0.05) is 11.6 Å². The van der Waals surface area contributed by atoms with Gasteiger partial charge in [0.1, 0.15) is 6.73 Å². The topological polar surface area (TPSA) is 64.3 Å². The number of rotatable bonds is 3. The summed E-state index contributed by atoms with van der Waals surface area (Å²) in [5.74, 6) is -1.09. The number of carbonyl (C=O) groups is 1. The molecule has 2 heterocycles. The van der Waals surface area contributed by atoms with Crippen molar-refractivity contribution in [3.05, 3.63) is 28.2 Å². The van der Waals surface area contributed by atoms with Crippen molar-refractivity contribution >= 4 is 28.5 Å². The Bertz CT molecular complexity index is 634. The monoisotopic (exact) mass is 268 g/mol. The van der Waals surface area contributed by atoms with Gasteiger partial charge in [-0.25, -0.2) is 9.78 Å². The number of pyridine rings is 1. The molecule has 0 unspecified atom stereocenters. The molecule has 0 spiro atoms. The maximum atomic E-state index is 11.0. The van der Waals surface area contributed by atoms with Crippen molar-refractivity contribution < 1.29 is 14.6 Å². The highest BCUT2D eigenvalue weighted by Gasteiger charge is 2.17. The quantitative estimate of drug-likeness (QED) is 0.869. The molecule has 0 aliphatic heterocycles. The molecule has 0 fully saturated rings. The zero-order chi connectivity index (χ0) is 13.4. The molecule has 1 N–H and O–H groups in total. The first-order valence-corrected chi connectivity index (χ1v) is 5.73. The van der Waals surface area contributed by atoms with Gasteiger partial charge in [0.25, 0.3) is 0 Å². The maximum Gasteiger partial charge on any atom is 0.354 e. The van der Waals surface area contributed by atoms with Gasteiger partial charge in [-0.2, -0.15) is 0 Å². The molecule has 5 nitrogen and oxygen atoms in total. The molecule has 6 heteroatoms. The van der Waals surface area contributed by atoms with Crippen molar-refractivity contribution in [2.75, 3.05) is 7.11 Å².